The highest BCUT2D eigenvalue weighted by Gasteiger charge is 2.19. The molecule has 3 N–H and O–H groups in total. The first-order valence-electron chi connectivity index (χ1n) is 11.9. The lowest BCUT2D eigenvalue weighted by molar-refractivity contribution is 0.0934. The van der Waals surface area contributed by atoms with Crippen molar-refractivity contribution in [1.29, 1.82) is 0 Å². The number of aromatic nitrogens is 2. The number of para-hydroxylation sites is 1. The van der Waals surface area contributed by atoms with Crippen molar-refractivity contribution in [2.24, 2.45) is 5.92 Å². The Bertz CT molecular complexity index is 1430. The highest BCUT2D eigenvalue weighted by atomic mass is 16.2. The Balaban J connectivity index is 1.47. The largest absolute Gasteiger partial charge is 0.344 e. The smallest absolute Gasteiger partial charge is 0.323 e. The fourth-order valence-electron chi connectivity index (χ4n) is 3.89. The summed E-state index contributed by atoms with van der Waals surface area (Å²) in [6, 6.07) is 22.8. The topological polar surface area (TPSA) is 105 Å². The van der Waals surface area contributed by atoms with Crippen LogP contribution >= 0.6 is 0 Å². The zero-order valence-electron chi connectivity index (χ0n) is 20.5. The van der Waals surface area contributed by atoms with Crippen LogP contribution in [0.15, 0.2) is 83.7 Å². The van der Waals surface area contributed by atoms with Gasteiger partial charge in [-0.25, -0.2) is 9.48 Å². The Hall–Kier alpha value is -4.46. The molecular weight excluding hydrogens is 454 g/mol. The van der Waals surface area contributed by atoms with Crippen LogP contribution in [0.25, 0.3) is 10.8 Å². The molecule has 1 heterocycles. The van der Waals surface area contributed by atoms with E-state index < -0.39 is 0 Å². The highest BCUT2D eigenvalue weighted by molar-refractivity contribution is 6.05. The third kappa shape index (κ3) is 5.78. The lowest BCUT2D eigenvalue weighted by Gasteiger charge is -2.17. The van der Waals surface area contributed by atoms with E-state index in [-0.39, 0.29) is 35.2 Å². The van der Waals surface area contributed by atoms with Crippen LogP contribution in [0.3, 0.4) is 0 Å². The Kier molecular flexibility index (Phi) is 7.44. The summed E-state index contributed by atoms with van der Waals surface area (Å²) in [6.07, 6.45) is 0. The number of anilines is 2. The van der Waals surface area contributed by atoms with Crippen LogP contribution in [0.4, 0.5) is 16.2 Å². The van der Waals surface area contributed by atoms with E-state index in [9.17, 15) is 14.4 Å². The molecule has 3 aromatic carbocycles. The van der Waals surface area contributed by atoms with Gasteiger partial charge in [0, 0.05) is 23.3 Å². The lowest BCUT2D eigenvalue weighted by Crippen LogP contribution is -2.32. The molecule has 0 bridgehead atoms. The van der Waals surface area contributed by atoms with E-state index in [2.05, 4.69) is 21.0 Å². The number of hydrogen-bond acceptors (Lipinski definition) is 4. The fraction of sp³-hybridized carbons (Fsp3) is 0.214. The van der Waals surface area contributed by atoms with Gasteiger partial charge >= 0.3 is 6.03 Å². The van der Waals surface area contributed by atoms with Crippen LogP contribution in [-0.2, 0) is 6.54 Å². The SMILES string of the molecule is CC(C)Cn1nc(C(=O)NC(C)c2ccc(NC(=O)Nc3ccccc3)cc2)c2ccccc2c1=O. The molecule has 1 aromatic heterocycles. The minimum absolute atomic E-state index is 0.202. The first-order valence-corrected chi connectivity index (χ1v) is 11.9. The number of urea groups is 1. The van der Waals surface area contributed by atoms with E-state index in [0.717, 1.165) is 5.56 Å². The maximum atomic E-state index is 13.2. The van der Waals surface area contributed by atoms with Crippen molar-refractivity contribution in [3.63, 3.8) is 0 Å². The molecule has 0 aliphatic rings. The average molecular weight is 484 g/mol. The summed E-state index contributed by atoms with van der Waals surface area (Å²) in [5.41, 5.74) is 2.19. The van der Waals surface area contributed by atoms with E-state index in [0.29, 0.717) is 28.7 Å². The molecule has 0 saturated heterocycles. The Morgan fingerprint density at radius 3 is 2.03 bits per heavy atom. The van der Waals surface area contributed by atoms with Crippen molar-refractivity contribution in [3.8, 4) is 0 Å². The van der Waals surface area contributed by atoms with Gasteiger partial charge in [-0.05, 0) is 48.7 Å². The van der Waals surface area contributed by atoms with Crippen LogP contribution in [0.5, 0.6) is 0 Å². The zero-order valence-corrected chi connectivity index (χ0v) is 20.5. The van der Waals surface area contributed by atoms with Gasteiger partial charge in [0.1, 0.15) is 0 Å². The summed E-state index contributed by atoms with van der Waals surface area (Å²) in [5, 5.41) is 13.9. The molecule has 184 valence electrons. The molecule has 0 saturated carbocycles. The van der Waals surface area contributed by atoms with Gasteiger partial charge in [0.25, 0.3) is 11.5 Å². The third-order valence-corrected chi connectivity index (χ3v) is 5.67. The summed E-state index contributed by atoms with van der Waals surface area (Å²) in [4.78, 5) is 38.3. The normalized spacial score (nSPS) is 11.8. The van der Waals surface area contributed by atoms with Crippen LogP contribution in [0, 0.1) is 5.92 Å². The number of carbonyl (C=O) groups is 2. The Morgan fingerprint density at radius 2 is 1.39 bits per heavy atom. The zero-order chi connectivity index (χ0) is 25.7. The highest BCUT2D eigenvalue weighted by Crippen LogP contribution is 2.19. The van der Waals surface area contributed by atoms with E-state index in [1.165, 1.54) is 4.68 Å². The van der Waals surface area contributed by atoms with Gasteiger partial charge in [-0.3, -0.25) is 9.59 Å². The quantitative estimate of drug-likeness (QED) is 0.336. The van der Waals surface area contributed by atoms with E-state index >= 15 is 0 Å². The molecule has 8 heteroatoms. The van der Waals surface area contributed by atoms with Gasteiger partial charge in [-0.15, -0.1) is 0 Å². The molecule has 1 unspecified atom stereocenters. The van der Waals surface area contributed by atoms with Gasteiger partial charge in [-0.2, -0.15) is 5.10 Å². The van der Waals surface area contributed by atoms with E-state index in [1.54, 1.807) is 48.5 Å². The molecule has 3 amide bonds. The van der Waals surface area contributed by atoms with Gasteiger partial charge in [0.2, 0.25) is 0 Å². The standard InChI is InChI=1S/C28H29N5O3/c1-18(2)17-33-27(35)24-12-8-7-11-23(24)25(32-33)26(34)29-19(3)20-13-15-22(16-14-20)31-28(36)30-21-9-5-4-6-10-21/h4-16,18-19H,17H2,1-3H3,(H,29,34)(H2,30,31,36). The second-order valence-electron chi connectivity index (χ2n) is 9.04. The minimum atomic E-state index is -0.361. The summed E-state index contributed by atoms with van der Waals surface area (Å²) in [5.74, 6) is -0.159. The summed E-state index contributed by atoms with van der Waals surface area (Å²) in [6.45, 7) is 6.28. The third-order valence-electron chi connectivity index (χ3n) is 5.67. The first kappa shape index (κ1) is 24.7. The number of nitrogens with one attached hydrogen (secondary N) is 3. The van der Waals surface area contributed by atoms with Gasteiger partial charge < -0.3 is 16.0 Å². The minimum Gasteiger partial charge on any atom is -0.344 e. The number of rotatable bonds is 7. The summed E-state index contributed by atoms with van der Waals surface area (Å²) >= 11 is 0. The predicted octanol–water partition coefficient (Wildman–Crippen LogP) is 5.19. The molecule has 0 fully saturated rings. The monoisotopic (exact) mass is 483 g/mol. The van der Waals surface area contributed by atoms with Crippen LogP contribution < -0.4 is 21.5 Å². The maximum Gasteiger partial charge on any atom is 0.323 e. The number of carbonyl (C=O) groups excluding carboxylic acids is 2. The number of amides is 3. The fourth-order valence-corrected chi connectivity index (χ4v) is 3.89. The molecule has 8 nitrogen and oxygen atoms in total. The van der Waals surface area contributed by atoms with Crippen molar-refractivity contribution >= 4 is 34.1 Å². The number of fused-ring (bicyclic) bond motifs is 1. The second kappa shape index (κ2) is 10.9. The van der Waals surface area contributed by atoms with Crippen LogP contribution in [0.1, 0.15) is 42.9 Å². The van der Waals surface area contributed by atoms with Gasteiger partial charge in [-0.1, -0.05) is 62.4 Å². The second-order valence-corrected chi connectivity index (χ2v) is 9.04. The molecule has 0 spiro atoms. The first-order chi connectivity index (χ1) is 17.3. The predicted molar refractivity (Wildman–Crippen MR) is 142 cm³/mol. The van der Waals surface area contributed by atoms with Crippen molar-refractivity contribution < 1.29 is 9.59 Å². The van der Waals surface area contributed by atoms with Crippen LogP contribution in [0.2, 0.25) is 0 Å². The summed E-state index contributed by atoms with van der Waals surface area (Å²) in [7, 11) is 0. The molecule has 0 radical (unpaired) electrons. The van der Waals surface area contributed by atoms with Crippen molar-refractivity contribution in [3.05, 3.63) is 100 Å². The number of benzene rings is 3. The molecule has 36 heavy (non-hydrogen) atoms. The summed E-state index contributed by atoms with van der Waals surface area (Å²) < 4.78 is 1.37. The molecule has 1 atom stereocenters. The van der Waals surface area contributed by atoms with Gasteiger partial charge in [0.05, 0.1) is 11.4 Å². The van der Waals surface area contributed by atoms with Gasteiger partial charge in [0.15, 0.2) is 5.69 Å². The molecule has 4 rings (SSSR count). The van der Waals surface area contributed by atoms with Crippen molar-refractivity contribution in [2.45, 2.75) is 33.4 Å². The molecular formula is C28H29N5O3. The average Bonchev–Trinajstić information content (AvgIpc) is 2.86. The van der Waals surface area contributed by atoms with E-state index in [1.807, 2.05) is 51.1 Å². The van der Waals surface area contributed by atoms with Crippen molar-refractivity contribution in [1.82, 2.24) is 15.1 Å². The maximum absolute atomic E-state index is 13.2. The molecule has 0 aliphatic carbocycles. The molecule has 0 aliphatic heterocycles. The molecule has 4 aromatic rings. The number of nitrogens with zero attached hydrogens (tertiary/aromatic N) is 2. The van der Waals surface area contributed by atoms with E-state index in [4.69, 9.17) is 0 Å². The Labute approximate surface area is 209 Å². The number of hydrogen-bond donors (Lipinski definition) is 3. The van der Waals surface area contributed by atoms with Crippen LogP contribution in [-0.4, -0.2) is 21.7 Å². The van der Waals surface area contributed by atoms with Crippen molar-refractivity contribution in [2.75, 3.05) is 10.6 Å². The lowest BCUT2D eigenvalue weighted by atomic mass is 10.1. The Morgan fingerprint density at radius 1 is 0.806 bits per heavy atom.